The maximum atomic E-state index is 11.8. The van der Waals surface area contributed by atoms with Gasteiger partial charge < -0.3 is 9.72 Å². The Balaban J connectivity index is 1.97. The molecule has 3 rings (SSSR count). The number of halogens is 1. The van der Waals surface area contributed by atoms with Crippen LogP contribution in [0.3, 0.4) is 0 Å². The summed E-state index contributed by atoms with van der Waals surface area (Å²) in [6.45, 7) is -0.0342. The van der Waals surface area contributed by atoms with Crippen molar-refractivity contribution in [3.8, 4) is 23.7 Å². The number of carbonyl (C=O) groups is 1. The summed E-state index contributed by atoms with van der Waals surface area (Å²) < 4.78 is 6.06. The van der Waals surface area contributed by atoms with Crippen LogP contribution in [0.2, 0.25) is 0 Å². The van der Waals surface area contributed by atoms with Gasteiger partial charge in [0.05, 0.1) is 16.6 Å². The van der Waals surface area contributed by atoms with E-state index in [4.69, 9.17) is 11.2 Å². The first-order chi connectivity index (χ1) is 10.7. The molecule has 1 heterocycles. The van der Waals surface area contributed by atoms with E-state index in [2.05, 4.69) is 38.5 Å². The van der Waals surface area contributed by atoms with Gasteiger partial charge in [-0.3, -0.25) is 0 Å². The summed E-state index contributed by atoms with van der Waals surface area (Å²) in [6.07, 6.45) is 5.08. The Morgan fingerprint density at radius 3 is 2.95 bits per heavy atom. The molecule has 0 saturated heterocycles. The van der Waals surface area contributed by atoms with Crippen LogP contribution < -0.4 is 0 Å². The van der Waals surface area contributed by atoms with E-state index in [1.165, 1.54) is 0 Å². The lowest BCUT2D eigenvalue weighted by Gasteiger charge is -2.00. The van der Waals surface area contributed by atoms with E-state index in [-0.39, 0.29) is 6.61 Å². The van der Waals surface area contributed by atoms with Gasteiger partial charge in [0.25, 0.3) is 0 Å². The first-order valence-electron chi connectivity index (χ1n) is 6.53. The number of aromatic nitrogens is 2. The number of hydrogen-bond acceptors (Lipinski definition) is 3. The molecule has 2 aromatic carbocycles. The molecule has 0 spiro atoms. The summed E-state index contributed by atoms with van der Waals surface area (Å²) >= 11 is 2.26. The summed E-state index contributed by atoms with van der Waals surface area (Å²) in [5.74, 6) is 2.60. The number of benzene rings is 2. The number of fused-ring (bicyclic) bond motifs is 1. The highest BCUT2D eigenvalue weighted by atomic mass is 127. The van der Waals surface area contributed by atoms with Gasteiger partial charge in [0.2, 0.25) is 0 Å². The van der Waals surface area contributed by atoms with Crippen LogP contribution >= 0.6 is 22.6 Å². The van der Waals surface area contributed by atoms with Gasteiger partial charge in [0, 0.05) is 9.13 Å². The number of rotatable bonds is 3. The van der Waals surface area contributed by atoms with Gasteiger partial charge in [-0.15, -0.1) is 6.42 Å². The summed E-state index contributed by atoms with van der Waals surface area (Å²) in [6, 6.07) is 13.2. The fourth-order valence-electron chi connectivity index (χ4n) is 2.10. The molecular formula is C17H11IN2O2. The Hall–Kier alpha value is -2.33. The number of terminal acetylenes is 1. The molecule has 4 nitrogen and oxygen atoms in total. The molecule has 5 heteroatoms. The highest BCUT2D eigenvalue weighted by molar-refractivity contribution is 14.1. The minimum atomic E-state index is -0.440. The molecule has 0 atom stereocenters. The first kappa shape index (κ1) is 14.6. The highest BCUT2D eigenvalue weighted by Crippen LogP contribution is 2.22. The molecule has 0 aliphatic rings. The molecule has 1 N–H and O–H groups in total. The third-order valence-corrected chi connectivity index (χ3v) is 3.77. The molecule has 1 aromatic heterocycles. The molecule has 0 unspecified atom stereocenters. The van der Waals surface area contributed by atoms with Crippen molar-refractivity contribution in [2.24, 2.45) is 0 Å². The van der Waals surface area contributed by atoms with Crippen LogP contribution in [0.25, 0.3) is 22.4 Å². The molecule has 0 bridgehead atoms. The molecular weight excluding hydrogens is 391 g/mol. The molecule has 0 radical (unpaired) electrons. The van der Waals surface area contributed by atoms with Crippen molar-refractivity contribution in [1.29, 1.82) is 0 Å². The Morgan fingerprint density at radius 2 is 2.18 bits per heavy atom. The average molecular weight is 402 g/mol. The molecule has 0 amide bonds. The zero-order valence-electron chi connectivity index (χ0n) is 11.5. The summed E-state index contributed by atoms with van der Waals surface area (Å²) in [5.41, 5.74) is 3.02. The number of H-pyrrole nitrogens is 1. The largest absolute Gasteiger partial charge is 0.449 e. The van der Waals surface area contributed by atoms with Gasteiger partial charge in [0.1, 0.15) is 5.82 Å². The lowest BCUT2D eigenvalue weighted by molar-refractivity contribution is 0.0557. The van der Waals surface area contributed by atoms with Crippen molar-refractivity contribution in [2.75, 3.05) is 6.61 Å². The van der Waals surface area contributed by atoms with Gasteiger partial charge in [-0.1, -0.05) is 18.1 Å². The monoisotopic (exact) mass is 402 g/mol. The van der Waals surface area contributed by atoms with E-state index in [0.717, 1.165) is 26.0 Å². The van der Waals surface area contributed by atoms with Crippen molar-refractivity contribution in [3.63, 3.8) is 0 Å². The quantitative estimate of drug-likeness (QED) is 0.414. The standard InChI is InChI=1S/C17H11IN2O2/c1-2-8-22-17(21)12-6-7-14-15(10-12)20-16(19-14)11-4-3-5-13(18)9-11/h1,3-7,9-10H,8H2,(H,19,20). The summed E-state index contributed by atoms with van der Waals surface area (Å²) in [5, 5.41) is 0. The Morgan fingerprint density at radius 1 is 1.32 bits per heavy atom. The van der Waals surface area contributed by atoms with Gasteiger partial charge in [0.15, 0.2) is 6.61 Å². The minimum Gasteiger partial charge on any atom is -0.449 e. The molecule has 3 aromatic rings. The molecule has 108 valence electrons. The van der Waals surface area contributed by atoms with E-state index < -0.39 is 5.97 Å². The van der Waals surface area contributed by atoms with E-state index >= 15 is 0 Å². The van der Waals surface area contributed by atoms with Crippen LogP contribution in [0.5, 0.6) is 0 Å². The van der Waals surface area contributed by atoms with Gasteiger partial charge in [-0.05, 0) is 52.9 Å². The second-order valence-electron chi connectivity index (χ2n) is 4.61. The topological polar surface area (TPSA) is 55.0 Å². The number of imidazole rings is 1. The molecule has 22 heavy (non-hydrogen) atoms. The van der Waals surface area contributed by atoms with Gasteiger partial charge in [-0.25, -0.2) is 9.78 Å². The van der Waals surface area contributed by atoms with Gasteiger partial charge >= 0.3 is 5.97 Å². The Kier molecular flexibility index (Phi) is 4.11. The normalized spacial score (nSPS) is 10.4. The highest BCUT2D eigenvalue weighted by Gasteiger charge is 2.10. The number of esters is 1. The van der Waals surface area contributed by atoms with Crippen LogP contribution in [0.15, 0.2) is 42.5 Å². The van der Waals surface area contributed by atoms with E-state index in [1.54, 1.807) is 18.2 Å². The maximum absolute atomic E-state index is 11.8. The lowest BCUT2D eigenvalue weighted by Crippen LogP contribution is -2.04. The molecule has 0 saturated carbocycles. The SMILES string of the molecule is C#CCOC(=O)c1ccc2nc(-c3cccc(I)c3)[nH]c2c1. The summed E-state index contributed by atoms with van der Waals surface area (Å²) in [7, 11) is 0. The van der Waals surface area contributed by atoms with E-state index in [0.29, 0.717) is 5.56 Å². The summed E-state index contributed by atoms with van der Waals surface area (Å²) in [4.78, 5) is 19.6. The zero-order chi connectivity index (χ0) is 15.5. The Bertz CT molecular complexity index is 893. The van der Waals surface area contributed by atoms with Crippen LogP contribution in [0, 0.1) is 15.9 Å². The number of nitrogens with one attached hydrogen (secondary N) is 1. The van der Waals surface area contributed by atoms with Crippen molar-refractivity contribution >= 4 is 39.6 Å². The molecule has 0 aliphatic heterocycles. The van der Waals surface area contributed by atoms with Crippen molar-refractivity contribution in [2.45, 2.75) is 0 Å². The Labute approximate surface area is 141 Å². The fourth-order valence-corrected chi connectivity index (χ4v) is 2.64. The third-order valence-electron chi connectivity index (χ3n) is 3.10. The molecule has 0 fully saturated rings. The number of hydrogen-bond donors (Lipinski definition) is 1. The second-order valence-corrected chi connectivity index (χ2v) is 5.85. The molecule has 0 aliphatic carbocycles. The predicted molar refractivity (Wildman–Crippen MR) is 93.4 cm³/mol. The number of aromatic amines is 1. The smallest absolute Gasteiger partial charge is 0.339 e. The first-order valence-corrected chi connectivity index (χ1v) is 7.61. The minimum absolute atomic E-state index is 0.0342. The number of ether oxygens (including phenoxy) is 1. The number of nitrogens with zero attached hydrogens (tertiary/aromatic N) is 1. The van der Waals surface area contributed by atoms with E-state index in [1.807, 2.05) is 24.3 Å². The second kappa shape index (κ2) is 6.20. The van der Waals surface area contributed by atoms with Crippen molar-refractivity contribution < 1.29 is 9.53 Å². The maximum Gasteiger partial charge on any atom is 0.339 e. The van der Waals surface area contributed by atoms with E-state index in [9.17, 15) is 4.79 Å². The van der Waals surface area contributed by atoms with Crippen LogP contribution in [-0.4, -0.2) is 22.5 Å². The van der Waals surface area contributed by atoms with Crippen LogP contribution in [0.1, 0.15) is 10.4 Å². The number of carbonyl (C=O) groups excluding carboxylic acids is 1. The lowest BCUT2D eigenvalue weighted by atomic mass is 10.2. The third kappa shape index (κ3) is 2.97. The van der Waals surface area contributed by atoms with Crippen LogP contribution in [-0.2, 0) is 4.74 Å². The predicted octanol–water partition coefficient (Wildman–Crippen LogP) is 3.62. The van der Waals surface area contributed by atoms with Crippen molar-refractivity contribution in [1.82, 2.24) is 9.97 Å². The van der Waals surface area contributed by atoms with Crippen molar-refractivity contribution in [3.05, 3.63) is 51.6 Å². The zero-order valence-corrected chi connectivity index (χ0v) is 13.6. The van der Waals surface area contributed by atoms with Gasteiger partial charge in [-0.2, -0.15) is 0 Å². The fraction of sp³-hybridized carbons (Fsp3) is 0.0588. The van der Waals surface area contributed by atoms with Crippen LogP contribution in [0.4, 0.5) is 0 Å². The average Bonchev–Trinajstić information content (AvgIpc) is 2.95.